The summed E-state index contributed by atoms with van der Waals surface area (Å²) in [5.41, 5.74) is 2.05. The van der Waals surface area contributed by atoms with Crippen LogP contribution in [0.25, 0.3) is 22.3 Å². The normalized spacial score (nSPS) is 16.1. The number of hydrogen-bond donors (Lipinski definition) is 1. The second-order valence-electron chi connectivity index (χ2n) is 8.97. The van der Waals surface area contributed by atoms with Gasteiger partial charge in [-0.25, -0.2) is 9.37 Å². The van der Waals surface area contributed by atoms with Gasteiger partial charge in [-0.2, -0.15) is 9.97 Å². The fourth-order valence-electron chi connectivity index (χ4n) is 4.13. The molecule has 2 aromatic heterocycles. The second kappa shape index (κ2) is 11.0. The van der Waals surface area contributed by atoms with E-state index in [0.717, 1.165) is 42.9 Å². The van der Waals surface area contributed by atoms with E-state index in [2.05, 4.69) is 28.7 Å². The van der Waals surface area contributed by atoms with E-state index < -0.39 is 5.82 Å². The van der Waals surface area contributed by atoms with Crippen LogP contribution < -0.4 is 19.7 Å². The second-order valence-corrected chi connectivity index (χ2v) is 8.97. The number of nitrogens with one attached hydrogen (secondary N) is 1. The summed E-state index contributed by atoms with van der Waals surface area (Å²) >= 11 is 0. The van der Waals surface area contributed by atoms with Crippen molar-refractivity contribution in [3.05, 3.63) is 48.3 Å². The Morgan fingerprint density at radius 3 is 2.83 bits per heavy atom. The zero-order chi connectivity index (χ0) is 24.9. The molecule has 1 atom stereocenters. The van der Waals surface area contributed by atoms with E-state index in [1.54, 1.807) is 18.2 Å². The third-order valence-electron chi connectivity index (χ3n) is 5.95. The number of ether oxygens (including phenoxy) is 2. The number of nitrogens with zero attached hydrogens (tertiary/aromatic N) is 5. The van der Waals surface area contributed by atoms with E-state index in [1.807, 2.05) is 32.0 Å². The van der Waals surface area contributed by atoms with Gasteiger partial charge in [0.2, 0.25) is 0 Å². The van der Waals surface area contributed by atoms with Gasteiger partial charge in [-0.1, -0.05) is 18.7 Å². The van der Waals surface area contributed by atoms with Crippen LogP contribution in [0, 0.1) is 12.7 Å². The van der Waals surface area contributed by atoms with Gasteiger partial charge in [-0.3, -0.25) is 0 Å². The van der Waals surface area contributed by atoms with Crippen molar-refractivity contribution in [1.29, 1.82) is 0 Å². The Kier molecular flexibility index (Phi) is 7.77. The fourth-order valence-corrected chi connectivity index (χ4v) is 4.13. The molecule has 1 N–H and O–H groups in total. The van der Waals surface area contributed by atoms with Crippen molar-refractivity contribution >= 4 is 16.9 Å². The first kappa shape index (κ1) is 24.8. The number of fused-ring (bicyclic) bond motifs is 1. The summed E-state index contributed by atoms with van der Waals surface area (Å²) in [6, 6.07) is 7.24. The Labute approximate surface area is 205 Å². The maximum Gasteiger partial charge on any atom is 0.320 e. The molecule has 3 heterocycles. The highest BCUT2D eigenvalue weighted by Crippen LogP contribution is 2.37. The Morgan fingerprint density at radius 1 is 1.26 bits per heavy atom. The maximum atomic E-state index is 15.1. The van der Waals surface area contributed by atoms with Gasteiger partial charge in [0.1, 0.15) is 30.6 Å². The summed E-state index contributed by atoms with van der Waals surface area (Å²) in [7, 11) is 3.96. The smallest absolute Gasteiger partial charge is 0.320 e. The van der Waals surface area contributed by atoms with Crippen molar-refractivity contribution in [2.24, 2.45) is 0 Å². The van der Waals surface area contributed by atoms with Crippen LogP contribution in [0.1, 0.15) is 12.5 Å². The number of aryl methyl sites for hydroxylation is 1. The first-order chi connectivity index (χ1) is 16.9. The highest BCUT2D eigenvalue weighted by molar-refractivity contribution is 5.91. The van der Waals surface area contributed by atoms with Gasteiger partial charge in [-0.05, 0) is 51.7 Å². The van der Waals surface area contributed by atoms with Gasteiger partial charge in [0.05, 0.1) is 16.6 Å². The Morgan fingerprint density at radius 2 is 2.09 bits per heavy atom. The van der Waals surface area contributed by atoms with Crippen molar-refractivity contribution < 1.29 is 13.9 Å². The van der Waals surface area contributed by atoms with E-state index in [9.17, 15) is 0 Å². The number of rotatable bonds is 9. The molecule has 1 aliphatic rings. The Bertz CT molecular complexity index is 1200. The van der Waals surface area contributed by atoms with E-state index in [0.29, 0.717) is 29.3 Å². The third-order valence-corrected chi connectivity index (χ3v) is 5.95. The maximum absolute atomic E-state index is 15.1. The molecule has 35 heavy (non-hydrogen) atoms. The van der Waals surface area contributed by atoms with Gasteiger partial charge in [0.25, 0.3) is 0 Å². The quantitative estimate of drug-likeness (QED) is 0.467. The zero-order valence-electron chi connectivity index (χ0n) is 20.8. The fraction of sp³-hybridized carbons (Fsp3) is 0.423. The molecule has 1 saturated heterocycles. The number of anilines is 1. The van der Waals surface area contributed by atoms with Crippen LogP contribution in [0.3, 0.4) is 0 Å². The van der Waals surface area contributed by atoms with Crippen LogP contribution in [0.5, 0.6) is 11.8 Å². The van der Waals surface area contributed by atoms with Gasteiger partial charge in [0, 0.05) is 32.2 Å². The molecule has 1 fully saturated rings. The molecule has 1 aromatic carbocycles. The zero-order valence-corrected chi connectivity index (χ0v) is 20.8. The summed E-state index contributed by atoms with van der Waals surface area (Å²) in [6.45, 7) is 11.7. The van der Waals surface area contributed by atoms with Crippen molar-refractivity contribution in [1.82, 2.24) is 25.2 Å². The van der Waals surface area contributed by atoms with Crippen molar-refractivity contribution in [3.63, 3.8) is 0 Å². The minimum Gasteiger partial charge on any atom is -0.489 e. The van der Waals surface area contributed by atoms with Gasteiger partial charge >= 0.3 is 6.01 Å². The number of benzene rings is 1. The molecular weight excluding hydrogens is 447 g/mol. The standard InChI is InChI=1S/C26H33FN6O2/c1-6-13-34-21-9-7-8-20(27)22(21)23-17(2)15-19-24(29-23)30-26(35-14-12-32(4)5)31-25(19)33-11-10-28-16-18(33)3/h6-9,15,18,28H,1,10-14,16H2,2-5H3/t18-/m1/s1. The minimum absolute atomic E-state index is 0.238. The molecule has 186 valence electrons. The molecule has 0 bridgehead atoms. The third kappa shape index (κ3) is 5.52. The predicted molar refractivity (Wildman–Crippen MR) is 137 cm³/mol. The Hall–Kier alpha value is -3.30. The highest BCUT2D eigenvalue weighted by atomic mass is 19.1. The average Bonchev–Trinajstić information content (AvgIpc) is 2.82. The summed E-state index contributed by atoms with van der Waals surface area (Å²) < 4.78 is 26.7. The van der Waals surface area contributed by atoms with E-state index in [-0.39, 0.29) is 18.7 Å². The molecule has 0 unspecified atom stereocenters. The van der Waals surface area contributed by atoms with Crippen LogP contribution in [-0.2, 0) is 0 Å². The summed E-state index contributed by atoms with van der Waals surface area (Å²) in [6.07, 6.45) is 1.63. The molecular formula is C26H33FN6O2. The predicted octanol–water partition coefficient (Wildman–Crippen LogP) is 3.44. The van der Waals surface area contributed by atoms with Crippen LogP contribution in [0.15, 0.2) is 36.9 Å². The first-order valence-corrected chi connectivity index (χ1v) is 11.9. The van der Waals surface area contributed by atoms with Gasteiger partial charge in [0.15, 0.2) is 5.65 Å². The van der Waals surface area contributed by atoms with Crippen molar-refractivity contribution in [3.8, 4) is 23.0 Å². The molecule has 1 aliphatic heterocycles. The van der Waals surface area contributed by atoms with E-state index >= 15 is 4.39 Å². The number of piperazine rings is 1. The van der Waals surface area contributed by atoms with Crippen molar-refractivity contribution in [2.45, 2.75) is 19.9 Å². The van der Waals surface area contributed by atoms with Crippen LogP contribution in [0.4, 0.5) is 10.2 Å². The van der Waals surface area contributed by atoms with E-state index in [1.165, 1.54) is 6.07 Å². The number of hydrogen-bond acceptors (Lipinski definition) is 8. The number of likely N-dealkylation sites (N-methyl/N-ethyl adjacent to an activating group) is 1. The molecule has 4 rings (SSSR count). The van der Waals surface area contributed by atoms with Gasteiger partial charge in [-0.15, -0.1) is 0 Å². The topological polar surface area (TPSA) is 75.6 Å². The molecule has 9 heteroatoms. The number of pyridine rings is 1. The lowest BCUT2D eigenvalue weighted by Gasteiger charge is -2.35. The monoisotopic (exact) mass is 480 g/mol. The summed E-state index contributed by atoms with van der Waals surface area (Å²) in [5, 5.41) is 4.22. The van der Waals surface area contributed by atoms with Crippen LogP contribution in [-0.4, -0.2) is 79.4 Å². The minimum atomic E-state index is -0.408. The molecule has 0 radical (unpaired) electrons. The lowest BCUT2D eigenvalue weighted by molar-refractivity contribution is 0.246. The largest absolute Gasteiger partial charge is 0.489 e. The first-order valence-electron chi connectivity index (χ1n) is 11.9. The number of halogens is 1. The summed E-state index contributed by atoms with van der Waals surface area (Å²) in [4.78, 5) is 18.5. The molecule has 0 amide bonds. The highest BCUT2D eigenvalue weighted by Gasteiger charge is 2.25. The van der Waals surface area contributed by atoms with Gasteiger partial charge < -0.3 is 24.6 Å². The summed E-state index contributed by atoms with van der Waals surface area (Å²) in [5.74, 6) is 0.781. The molecule has 0 aliphatic carbocycles. The lowest BCUT2D eigenvalue weighted by atomic mass is 10.0. The van der Waals surface area contributed by atoms with Crippen molar-refractivity contribution in [2.75, 3.05) is 58.4 Å². The van der Waals surface area contributed by atoms with Crippen LogP contribution >= 0.6 is 0 Å². The van der Waals surface area contributed by atoms with Crippen LogP contribution in [0.2, 0.25) is 0 Å². The molecule has 8 nitrogen and oxygen atoms in total. The number of aromatic nitrogens is 3. The Balaban J connectivity index is 1.86. The molecule has 0 saturated carbocycles. The lowest BCUT2D eigenvalue weighted by Crippen LogP contribution is -2.50. The SMILES string of the molecule is C=CCOc1cccc(F)c1-c1nc2nc(OCCN(C)C)nc(N3CCNC[C@H]3C)c2cc1C. The average molecular weight is 481 g/mol. The van der Waals surface area contributed by atoms with E-state index in [4.69, 9.17) is 19.4 Å². The molecule has 3 aromatic rings. The molecule has 0 spiro atoms.